The van der Waals surface area contributed by atoms with Crippen LogP contribution < -0.4 is 16.0 Å². The third-order valence-corrected chi connectivity index (χ3v) is 6.57. The SMILES string of the molecule is CC(C)(C)OC(=O)NCC(=O)N1CCC2(CC1)NC(=O)c1sc(-c3ccncc3)cc1N2. The minimum atomic E-state index is -0.618. The van der Waals surface area contributed by atoms with Gasteiger partial charge in [-0.15, -0.1) is 11.3 Å². The highest BCUT2D eigenvalue weighted by atomic mass is 32.1. The number of carbonyl (C=O) groups excluding carboxylic acids is 3. The number of nitrogens with one attached hydrogen (secondary N) is 3. The maximum absolute atomic E-state index is 12.8. The van der Waals surface area contributed by atoms with Gasteiger partial charge in [0, 0.05) is 43.2 Å². The zero-order chi connectivity index (χ0) is 22.9. The maximum Gasteiger partial charge on any atom is 0.408 e. The molecule has 32 heavy (non-hydrogen) atoms. The number of pyridine rings is 1. The number of nitrogens with zero attached hydrogens (tertiary/aromatic N) is 2. The first-order valence-corrected chi connectivity index (χ1v) is 11.4. The summed E-state index contributed by atoms with van der Waals surface area (Å²) in [6.45, 7) is 6.12. The fourth-order valence-electron chi connectivity index (χ4n) is 3.84. The Balaban J connectivity index is 1.36. The van der Waals surface area contributed by atoms with Crippen molar-refractivity contribution in [1.82, 2.24) is 20.5 Å². The molecule has 10 heteroatoms. The Labute approximate surface area is 190 Å². The fourth-order valence-corrected chi connectivity index (χ4v) is 4.85. The Morgan fingerprint density at radius 3 is 2.56 bits per heavy atom. The van der Waals surface area contributed by atoms with Gasteiger partial charge >= 0.3 is 6.09 Å². The van der Waals surface area contributed by atoms with Crippen LogP contribution in [0, 0.1) is 0 Å². The Morgan fingerprint density at radius 2 is 1.91 bits per heavy atom. The maximum atomic E-state index is 12.8. The van der Waals surface area contributed by atoms with Crippen molar-refractivity contribution in [2.75, 3.05) is 25.0 Å². The number of fused-ring (bicyclic) bond motifs is 1. The Bertz CT molecular complexity index is 1020. The van der Waals surface area contributed by atoms with Crippen molar-refractivity contribution in [1.29, 1.82) is 0 Å². The molecule has 9 nitrogen and oxygen atoms in total. The number of carbonyl (C=O) groups is 3. The lowest BCUT2D eigenvalue weighted by molar-refractivity contribution is -0.131. The van der Waals surface area contributed by atoms with Gasteiger partial charge in [0.05, 0.1) is 5.69 Å². The number of ether oxygens (including phenoxy) is 1. The highest BCUT2D eigenvalue weighted by molar-refractivity contribution is 7.18. The molecular formula is C22H27N5O4S. The highest BCUT2D eigenvalue weighted by Gasteiger charge is 2.42. The number of aromatic nitrogens is 1. The predicted octanol–water partition coefficient (Wildman–Crippen LogP) is 2.81. The van der Waals surface area contributed by atoms with Crippen LogP contribution in [-0.2, 0) is 9.53 Å². The summed E-state index contributed by atoms with van der Waals surface area (Å²) in [5, 5.41) is 9.12. The lowest BCUT2D eigenvalue weighted by atomic mass is 9.94. The van der Waals surface area contributed by atoms with E-state index in [4.69, 9.17) is 4.74 Å². The summed E-state index contributed by atoms with van der Waals surface area (Å²) in [6.07, 6.45) is 3.98. The second-order valence-corrected chi connectivity index (χ2v) is 10.0. The van der Waals surface area contributed by atoms with Crippen molar-refractivity contribution in [3.63, 3.8) is 0 Å². The van der Waals surface area contributed by atoms with E-state index in [9.17, 15) is 14.4 Å². The summed E-state index contributed by atoms with van der Waals surface area (Å²) in [5.74, 6) is -0.278. The van der Waals surface area contributed by atoms with Gasteiger partial charge in [0.2, 0.25) is 5.91 Å². The normalized spacial score (nSPS) is 17.2. The predicted molar refractivity (Wildman–Crippen MR) is 121 cm³/mol. The number of amides is 3. The van der Waals surface area contributed by atoms with Crippen molar-refractivity contribution in [3.05, 3.63) is 35.5 Å². The molecule has 0 radical (unpaired) electrons. The molecule has 2 aliphatic rings. The Morgan fingerprint density at radius 1 is 1.22 bits per heavy atom. The molecule has 3 N–H and O–H groups in total. The number of piperidine rings is 1. The molecule has 2 aromatic heterocycles. The zero-order valence-corrected chi connectivity index (χ0v) is 19.2. The summed E-state index contributed by atoms with van der Waals surface area (Å²) in [7, 11) is 0. The van der Waals surface area contributed by atoms with Crippen LogP contribution in [0.4, 0.5) is 10.5 Å². The number of rotatable bonds is 3. The van der Waals surface area contributed by atoms with Gasteiger partial charge in [0.1, 0.15) is 22.7 Å². The molecule has 1 saturated heterocycles. The summed E-state index contributed by atoms with van der Waals surface area (Å²) in [6, 6.07) is 5.83. The number of thiophene rings is 1. The van der Waals surface area contributed by atoms with E-state index in [0.717, 1.165) is 16.1 Å². The summed E-state index contributed by atoms with van der Waals surface area (Å²) >= 11 is 1.44. The molecule has 0 saturated carbocycles. The fraction of sp³-hybridized carbons (Fsp3) is 0.455. The van der Waals surface area contributed by atoms with Crippen molar-refractivity contribution >= 4 is 34.9 Å². The highest BCUT2D eigenvalue weighted by Crippen LogP contribution is 2.40. The molecule has 0 aromatic carbocycles. The van der Waals surface area contributed by atoms with E-state index in [1.807, 2.05) is 18.2 Å². The molecule has 0 atom stereocenters. The molecule has 3 amide bonds. The largest absolute Gasteiger partial charge is 0.444 e. The van der Waals surface area contributed by atoms with E-state index in [1.54, 1.807) is 38.1 Å². The number of hydrogen-bond acceptors (Lipinski definition) is 7. The van der Waals surface area contributed by atoms with E-state index in [2.05, 4.69) is 20.9 Å². The van der Waals surface area contributed by atoms with Crippen LogP contribution in [0.3, 0.4) is 0 Å². The smallest absolute Gasteiger partial charge is 0.408 e. The summed E-state index contributed by atoms with van der Waals surface area (Å²) < 4.78 is 5.16. The van der Waals surface area contributed by atoms with E-state index in [-0.39, 0.29) is 18.4 Å². The molecule has 0 aliphatic carbocycles. The van der Waals surface area contributed by atoms with Gasteiger partial charge < -0.3 is 25.6 Å². The topological polar surface area (TPSA) is 113 Å². The molecule has 4 heterocycles. The van der Waals surface area contributed by atoms with Gasteiger partial charge in [-0.1, -0.05) is 0 Å². The number of anilines is 1. The Kier molecular flexibility index (Phi) is 5.81. The first-order valence-electron chi connectivity index (χ1n) is 10.5. The second-order valence-electron chi connectivity index (χ2n) is 8.99. The Hall–Kier alpha value is -3.14. The zero-order valence-electron chi connectivity index (χ0n) is 18.4. The molecule has 2 aliphatic heterocycles. The summed E-state index contributed by atoms with van der Waals surface area (Å²) in [4.78, 5) is 44.5. The molecular weight excluding hydrogens is 430 g/mol. The number of alkyl carbamates (subject to hydrolysis) is 1. The van der Waals surface area contributed by atoms with Crippen LogP contribution >= 0.6 is 11.3 Å². The summed E-state index contributed by atoms with van der Waals surface area (Å²) in [5.41, 5.74) is 0.626. The van der Waals surface area contributed by atoms with E-state index in [0.29, 0.717) is 30.8 Å². The van der Waals surface area contributed by atoms with Crippen molar-refractivity contribution in [3.8, 4) is 10.4 Å². The molecule has 1 fully saturated rings. The van der Waals surface area contributed by atoms with Crippen LogP contribution in [0.15, 0.2) is 30.6 Å². The van der Waals surface area contributed by atoms with Crippen LogP contribution in [0.25, 0.3) is 10.4 Å². The number of hydrogen-bond donors (Lipinski definition) is 3. The van der Waals surface area contributed by atoms with Gasteiger partial charge in [0.25, 0.3) is 5.91 Å². The molecule has 0 unspecified atom stereocenters. The standard InChI is InChI=1S/C22H27N5O4S/c1-21(2,3)31-20(30)24-13-17(28)27-10-6-22(7-11-27)25-15-12-16(14-4-8-23-9-5-14)32-18(15)19(29)26-22/h4-5,8-9,12,25H,6-7,10-11,13H2,1-3H3,(H,24,30)(H,26,29). The van der Waals surface area contributed by atoms with E-state index >= 15 is 0 Å². The monoisotopic (exact) mass is 457 g/mol. The first-order chi connectivity index (χ1) is 15.1. The average Bonchev–Trinajstić information content (AvgIpc) is 3.16. The lowest BCUT2D eigenvalue weighted by Gasteiger charge is -2.45. The van der Waals surface area contributed by atoms with E-state index < -0.39 is 17.4 Å². The van der Waals surface area contributed by atoms with Crippen molar-refractivity contribution < 1.29 is 19.1 Å². The minimum Gasteiger partial charge on any atom is -0.444 e. The molecule has 1 spiro atoms. The third-order valence-electron chi connectivity index (χ3n) is 5.38. The van der Waals surface area contributed by atoms with Crippen LogP contribution in [0.2, 0.25) is 0 Å². The van der Waals surface area contributed by atoms with Crippen LogP contribution in [0.5, 0.6) is 0 Å². The van der Waals surface area contributed by atoms with Crippen LogP contribution in [0.1, 0.15) is 43.3 Å². The van der Waals surface area contributed by atoms with Crippen molar-refractivity contribution in [2.45, 2.75) is 44.9 Å². The molecule has 2 aromatic rings. The number of likely N-dealkylation sites (tertiary alicyclic amines) is 1. The van der Waals surface area contributed by atoms with Gasteiger partial charge in [-0.3, -0.25) is 14.6 Å². The van der Waals surface area contributed by atoms with Gasteiger partial charge in [0.15, 0.2) is 0 Å². The van der Waals surface area contributed by atoms with E-state index in [1.165, 1.54) is 11.3 Å². The van der Waals surface area contributed by atoms with Gasteiger partial charge in [-0.2, -0.15) is 0 Å². The van der Waals surface area contributed by atoms with Crippen LogP contribution in [-0.4, -0.2) is 58.7 Å². The molecule has 170 valence electrons. The molecule has 0 bridgehead atoms. The first kappa shape index (κ1) is 22.1. The quantitative estimate of drug-likeness (QED) is 0.653. The lowest BCUT2D eigenvalue weighted by Crippen LogP contribution is -2.62. The average molecular weight is 458 g/mol. The van der Waals surface area contributed by atoms with Gasteiger partial charge in [-0.25, -0.2) is 4.79 Å². The molecule has 4 rings (SSSR count). The third kappa shape index (κ3) is 4.85. The van der Waals surface area contributed by atoms with Crippen molar-refractivity contribution in [2.24, 2.45) is 0 Å². The van der Waals surface area contributed by atoms with Gasteiger partial charge in [-0.05, 0) is 44.5 Å². The minimum absolute atomic E-state index is 0.101. The second kappa shape index (κ2) is 8.42.